The zero-order valence-corrected chi connectivity index (χ0v) is 36.2. The third kappa shape index (κ3) is 11.4. The first kappa shape index (κ1) is 47.4. The number of unbranched alkanes of at least 4 members (excludes halogenated alkanes) is 1. The Morgan fingerprint density at radius 1 is 0.810 bits per heavy atom. The summed E-state index contributed by atoms with van der Waals surface area (Å²) >= 11 is 0. The molecule has 320 valence electrons. The number of carbonyl (C=O) groups is 7. The Bertz CT molecular complexity index is 1690. The smallest absolute Gasteiger partial charge is 0.329 e. The number of benzene rings is 1. The molecule has 0 radical (unpaired) electrons. The van der Waals surface area contributed by atoms with Crippen molar-refractivity contribution in [3.63, 3.8) is 0 Å². The van der Waals surface area contributed by atoms with E-state index in [9.17, 15) is 33.6 Å². The van der Waals surface area contributed by atoms with Gasteiger partial charge < -0.3 is 34.8 Å². The first-order valence-electron chi connectivity index (χ1n) is 20.5. The molecule has 2 heterocycles. The highest BCUT2D eigenvalue weighted by Gasteiger charge is 2.46. The summed E-state index contributed by atoms with van der Waals surface area (Å²) in [6.07, 6.45) is 4.99. The highest BCUT2D eigenvalue weighted by Crippen LogP contribution is 2.30. The highest BCUT2D eigenvalue weighted by atomic mass is 16.6. The lowest BCUT2D eigenvalue weighted by Crippen LogP contribution is -2.60. The van der Waals surface area contributed by atoms with E-state index in [0.29, 0.717) is 31.2 Å². The molecule has 2 aliphatic rings. The minimum absolute atomic E-state index is 0.00884. The molecule has 0 unspecified atom stereocenters. The SMILES string of the molecule is C#CCCC[C@@H]1OC(=O)[C@H](C(C)C)NC(=O)[C@H](C)N(C)C(=O)[C@@H]2CCCN2C(=O)[C@H](Cc2ccccc2)OC(=O)[C@H](C(C)C)N(C)C(=O)[C@H](C(C)C)NC(=O)C1(C)C. The van der Waals surface area contributed by atoms with Crippen LogP contribution in [-0.4, -0.2) is 119 Å². The van der Waals surface area contributed by atoms with E-state index >= 15 is 0 Å². The number of cyclic esters (lactones) is 2. The van der Waals surface area contributed by atoms with Gasteiger partial charge in [0.1, 0.15) is 36.3 Å². The molecular formula is C44H65N5O9. The number of fused-ring (bicyclic) bond motifs is 1. The summed E-state index contributed by atoms with van der Waals surface area (Å²) in [5.74, 6) is -3.22. The van der Waals surface area contributed by atoms with Crippen LogP contribution in [0.1, 0.15) is 100.0 Å². The average Bonchev–Trinajstić information content (AvgIpc) is 3.66. The highest BCUT2D eigenvalue weighted by molar-refractivity contribution is 5.96. The van der Waals surface area contributed by atoms with Crippen LogP contribution in [0.5, 0.6) is 0 Å². The molecule has 14 nitrogen and oxygen atoms in total. The number of nitrogens with zero attached hydrogens (tertiary/aromatic N) is 3. The molecule has 0 bridgehead atoms. The Morgan fingerprint density at radius 3 is 2.00 bits per heavy atom. The van der Waals surface area contributed by atoms with Gasteiger partial charge in [0.2, 0.25) is 23.6 Å². The molecule has 7 atom stereocenters. The molecule has 0 saturated carbocycles. The third-order valence-electron chi connectivity index (χ3n) is 11.4. The fraction of sp³-hybridized carbons (Fsp3) is 0.659. The maximum Gasteiger partial charge on any atom is 0.329 e. The van der Waals surface area contributed by atoms with E-state index in [1.807, 2.05) is 6.07 Å². The van der Waals surface area contributed by atoms with Crippen molar-refractivity contribution in [2.75, 3.05) is 20.6 Å². The van der Waals surface area contributed by atoms with E-state index in [4.69, 9.17) is 15.9 Å². The number of hydrogen-bond acceptors (Lipinski definition) is 9. The maximum atomic E-state index is 14.5. The first-order chi connectivity index (χ1) is 27.1. The fourth-order valence-electron chi connectivity index (χ4n) is 7.45. The molecule has 0 spiro atoms. The van der Waals surface area contributed by atoms with Gasteiger partial charge in [-0.3, -0.25) is 24.0 Å². The molecule has 2 saturated heterocycles. The molecule has 1 aromatic carbocycles. The van der Waals surface area contributed by atoms with Crippen molar-refractivity contribution in [1.82, 2.24) is 25.3 Å². The molecule has 2 aliphatic heterocycles. The van der Waals surface area contributed by atoms with Crippen molar-refractivity contribution in [3.05, 3.63) is 35.9 Å². The Morgan fingerprint density at radius 2 is 1.43 bits per heavy atom. The summed E-state index contributed by atoms with van der Waals surface area (Å²) in [5, 5.41) is 5.64. The second kappa shape index (κ2) is 20.7. The number of esters is 2. The van der Waals surface area contributed by atoms with Gasteiger partial charge in [0, 0.05) is 33.5 Å². The van der Waals surface area contributed by atoms with Gasteiger partial charge in [-0.1, -0.05) is 71.9 Å². The van der Waals surface area contributed by atoms with Crippen LogP contribution < -0.4 is 10.6 Å². The Labute approximate surface area is 344 Å². The molecule has 0 aromatic heterocycles. The van der Waals surface area contributed by atoms with Crippen molar-refractivity contribution >= 4 is 41.5 Å². The van der Waals surface area contributed by atoms with Gasteiger partial charge in [-0.25, -0.2) is 9.59 Å². The number of rotatable bonds is 8. The molecule has 14 heteroatoms. The summed E-state index contributed by atoms with van der Waals surface area (Å²) in [6.45, 7) is 15.5. The third-order valence-corrected chi connectivity index (χ3v) is 11.4. The number of likely N-dealkylation sites (N-methyl/N-ethyl adjacent to an activating group) is 2. The van der Waals surface area contributed by atoms with Crippen molar-refractivity contribution in [1.29, 1.82) is 0 Å². The second-order valence-corrected chi connectivity index (χ2v) is 17.2. The predicted octanol–water partition coefficient (Wildman–Crippen LogP) is 3.50. The quantitative estimate of drug-likeness (QED) is 0.227. The normalized spacial score (nSPS) is 27.4. The van der Waals surface area contributed by atoms with Crippen molar-refractivity contribution < 1.29 is 43.0 Å². The van der Waals surface area contributed by atoms with Crippen LogP contribution in [0, 0.1) is 35.5 Å². The molecule has 3 rings (SSSR count). The van der Waals surface area contributed by atoms with Gasteiger partial charge >= 0.3 is 11.9 Å². The summed E-state index contributed by atoms with van der Waals surface area (Å²) in [4.78, 5) is 103. The predicted molar refractivity (Wildman–Crippen MR) is 218 cm³/mol. The summed E-state index contributed by atoms with van der Waals surface area (Å²) in [6, 6.07) is 3.62. The van der Waals surface area contributed by atoms with E-state index < -0.39 is 107 Å². The zero-order chi connectivity index (χ0) is 43.6. The van der Waals surface area contributed by atoms with Crippen molar-refractivity contribution in [2.45, 2.75) is 143 Å². The standard InChI is InChI=1S/C44H65N5O9/c1-13-14-16-23-33-44(9,10)43(56)46-34(26(2)3)40(53)48(12)36(28(6)7)42(55)57-32(25-30-20-17-15-18-21-30)39(52)49-24-19-22-31(49)38(51)47(11)29(8)37(50)45-35(27(4)5)41(54)58-33/h1,15,17-18,20-21,26-29,31-36H,14,16,19,22-25H2,2-12H3,(H,45,50)(H,46,56)/t29-,31-,32-,33-,34-,35-,36-/m0/s1. The van der Waals surface area contributed by atoms with Crippen LogP contribution in [-0.2, 0) is 49.5 Å². The summed E-state index contributed by atoms with van der Waals surface area (Å²) in [5.41, 5.74) is -0.682. The molecule has 58 heavy (non-hydrogen) atoms. The number of carbonyl (C=O) groups excluding carboxylic acids is 7. The van der Waals surface area contributed by atoms with Crippen LogP contribution >= 0.6 is 0 Å². The first-order valence-corrected chi connectivity index (χ1v) is 20.5. The van der Waals surface area contributed by atoms with Crippen LogP contribution in [0.3, 0.4) is 0 Å². The summed E-state index contributed by atoms with van der Waals surface area (Å²) in [7, 11) is 2.92. The number of amides is 5. The number of hydrogen-bond donors (Lipinski definition) is 2. The number of terminal acetylenes is 1. The average molecular weight is 808 g/mol. The van der Waals surface area contributed by atoms with E-state index in [1.165, 1.54) is 35.7 Å². The van der Waals surface area contributed by atoms with Crippen LogP contribution in [0.4, 0.5) is 0 Å². The topological polar surface area (TPSA) is 172 Å². The van der Waals surface area contributed by atoms with Gasteiger partial charge in [-0.05, 0) is 69.8 Å². The largest absolute Gasteiger partial charge is 0.460 e. The minimum atomic E-state index is -1.40. The molecule has 1 aromatic rings. The van der Waals surface area contributed by atoms with Gasteiger partial charge in [0.15, 0.2) is 6.10 Å². The van der Waals surface area contributed by atoms with Gasteiger partial charge in [0.05, 0.1) is 5.41 Å². The van der Waals surface area contributed by atoms with Crippen LogP contribution in [0.25, 0.3) is 0 Å². The monoisotopic (exact) mass is 807 g/mol. The fourth-order valence-corrected chi connectivity index (χ4v) is 7.45. The lowest BCUT2D eigenvalue weighted by Gasteiger charge is -2.38. The van der Waals surface area contributed by atoms with E-state index in [-0.39, 0.29) is 19.4 Å². The van der Waals surface area contributed by atoms with Crippen LogP contribution in [0.15, 0.2) is 30.3 Å². The number of ether oxygens (including phenoxy) is 2. The van der Waals surface area contributed by atoms with Gasteiger partial charge in [-0.2, -0.15) is 0 Å². The minimum Gasteiger partial charge on any atom is -0.460 e. The Hall–Kier alpha value is -4.93. The lowest BCUT2D eigenvalue weighted by atomic mass is 9.82. The van der Waals surface area contributed by atoms with E-state index in [1.54, 1.807) is 79.7 Å². The zero-order valence-electron chi connectivity index (χ0n) is 36.2. The Kier molecular flexibility index (Phi) is 16.9. The molecular weight excluding hydrogens is 743 g/mol. The van der Waals surface area contributed by atoms with E-state index in [2.05, 4.69) is 16.6 Å². The lowest BCUT2D eigenvalue weighted by molar-refractivity contribution is -0.169. The van der Waals surface area contributed by atoms with E-state index in [0.717, 1.165) is 0 Å². The molecule has 2 fully saturated rings. The maximum absolute atomic E-state index is 14.5. The van der Waals surface area contributed by atoms with Crippen LogP contribution in [0.2, 0.25) is 0 Å². The Balaban J connectivity index is 2.18. The van der Waals surface area contributed by atoms with Gasteiger partial charge in [-0.15, -0.1) is 12.3 Å². The van der Waals surface area contributed by atoms with Crippen molar-refractivity contribution in [2.24, 2.45) is 23.2 Å². The van der Waals surface area contributed by atoms with Crippen molar-refractivity contribution in [3.8, 4) is 12.3 Å². The summed E-state index contributed by atoms with van der Waals surface area (Å²) < 4.78 is 12.1. The second-order valence-electron chi connectivity index (χ2n) is 17.2. The number of nitrogens with one attached hydrogen (secondary N) is 2. The molecule has 5 amide bonds. The molecule has 2 N–H and O–H groups in total. The molecule has 0 aliphatic carbocycles. The van der Waals surface area contributed by atoms with Gasteiger partial charge in [0.25, 0.3) is 5.91 Å².